The molecule has 86 valence electrons. The van der Waals surface area contributed by atoms with E-state index in [0.717, 1.165) is 12.1 Å². The van der Waals surface area contributed by atoms with Crippen LogP contribution in [0.25, 0.3) is 0 Å². The summed E-state index contributed by atoms with van der Waals surface area (Å²) in [5.74, 6) is 0. The molecule has 0 radical (unpaired) electrons. The molecular weight excluding hydrogens is 188 g/mol. The van der Waals surface area contributed by atoms with Crippen LogP contribution in [0, 0.1) is 0 Å². The van der Waals surface area contributed by atoms with Crippen molar-refractivity contribution in [2.45, 2.75) is 52.4 Å². The first-order valence-corrected chi connectivity index (χ1v) is 6.04. The second-order valence-electron chi connectivity index (χ2n) is 3.79. The highest BCUT2D eigenvalue weighted by atomic mass is 16.7. The standard InChI is InChI=1S/C12H22N2O/c1-3-5-6-7-8-9-12-10-11-14(13-12)15-4-2/h10-11H,3-9H2,1-2H3. The van der Waals surface area contributed by atoms with Gasteiger partial charge in [-0.3, -0.25) is 0 Å². The van der Waals surface area contributed by atoms with E-state index in [9.17, 15) is 0 Å². The molecule has 1 rings (SSSR count). The number of aromatic nitrogens is 2. The monoisotopic (exact) mass is 210 g/mol. The minimum absolute atomic E-state index is 0.664. The van der Waals surface area contributed by atoms with Crippen LogP contribution < -0.4 is 4.84 Å². The third-order valence-electron chi connectivity index (χ3n) is 2.42. The Hall–Kier alpha value is -0.990. The summed E-state index contributed by atoms with van der Waals surface area (Å²) in [7, 11) is 0. The molecule has 0 fully saturated rings. The number of hydrogen-bond donors (Lipinski definition) is 0. The number of nitrogens with zero attached hydrogens (tertiary/aromatic N) is 2. The molecule has 0 atom stereocenters. The molecule has 0 aromatic carbocycles. The van der Waals surface area contributed by atoms with Crippen molar-refractivity contribution in [3.8, 4) is 0 Å². The van der Waals surface area contributed by atoms with Gasteiger partial charge in [-0.2, -0.15) is 0 Å². The van der Waals surface area contributed by atoms with Crippen LogP contribution in [-0.4, -0.2) is 16.6 Å². The van der Waals surface area contributed by atoms with Crippen LogP contribution in [0.15, 0.2) is 12.3 Å². The maximum atomic E-state index is 5.24. The van der Waals surface area contributed by atoms with Gasteiger partial charge in [0.25, 0.3) is 0 Å². The van der Waals surface area contributed by atoms with Crippen LogP contribution in [0.5, 0.6) is 0 Å². The highest BCUT2D eigenvalue weighted by Gasteiger charge is 1.98. The molecule has 0 bridgehead atoms. The third-order valence-corrected chi connectivity index (χ3v) is 2.42. The fourth-order valence-corrected chi connectivity index (χ4v) is 1.59. The molecule has 0 saturated carbocycles. The predicted octanol–water partition coefficient (Wildman–Crippen LogP) is 2.84. The number of unbranched alkanes of at least 4 members (excludes halogenated alkanes) is 4. The first-order chi connectivity index (χ1) is 7.36. The molecule has 1 aromatic rings. The summed E-state index contributed by atoms with van der Waals surface area (Å²) in [6, 6.07) is 2.04. The molecule has 15 heavy (non-hydrogen) atoms. The van der Waals surface area contributed by atoms with Crippen LogP contribution >= 0.6 is 0 Å². The van der Waals surface area contributed by atoms with E-state index < -0.39 is 0 Å². The summed E-state index contributed by atoms with van der Waals surface area (Å²) in [5, 5.41) is 4.31. The average Bonchev–Trinajstić information content (AvgIpc) is 2.66. The molecular formula is C12H22N2O. The molecule has 1 aromatic heterocycles. The van der Waals surface area contributed by atoms with Gasteiger partial charge in [-0.05, 0) is 25.8 Å². The van der Waals surface area contributed by atoms with Gasteiger partial charge in [0, 0.05) is 0 Å². The van der Waals surface area contributed by atoms with E-state index in [1.165, 1.54) is 32.1 Å². The van der Waals surface area contributed by atoms with Crippen molar-refractivity contribution in [3.05, 3.63) is 18.0 Å². The van der Waals surface area contributed by atoms with Gasteiger partial charge in [0.05, 0.1) is 11.9 Å². The lowest BCUT2D eigenvalue weighted by Crippen LogP contribution is -2.11. The van der Waals surface area contributed by atoms with E-state index >= 15 is 0 Å². The van der Waals surface area contributed by atoms with E-state index in [1.54, 1.807) is 4.85 Å². The number of hydrogen-bond acceptors (Lipinski definition) is 2. The molecule has 1 heterocycles. The van der Waals surface area contributed by atoms with E-state index in [4.69, 9.17) is 4.84 Å². The second-order valence-corrected chi connectivity index (χ2v) is 3.79. The zero-order chi connectivity index (χ0) is 10.9. The fraction of sp³-hybridized carbons (Fsp3) is 0.750. The van der Waals surface area contributed by atoms with Gasteiger partial charge in [0.1, 0.15) is 6.61 Å². The van der Waals surface area contributed by atoms with Crippen molar-refractivity contribution >= 4 is 0 Å². The van der Waals surface area contributed by atoms with Gasteiger partial charge < -0.3 is 4.84 Å². The Bertz CT molecular complexity index is 258. The highest BCUT2D eigenvalue weighted by Crippen LogP contribution is 2.06. The molecule has 0 aliphatic carbocycles. The molecule has 0 unspecified atom stereocenters. The minimum Gasteiger partial charge on any atom is -0.397 e. The summed E-state index contributed by atoms with van der Waals surface area (Å²) < 4.78 is 0. The van der Waals surface area contributed by atoms with Crippen LogP contribution in [-0.2, 0) is 6.42 Å². The Kier molecular flexibility index (Phi) is 5.90. The van der Waals surface area contributed by atoms with Crippen LogP contribution in [0.1, 0.15) is 51.6 Å². The summed E-state index contributed by atoms with van der Waals surface area (Å²) in [5.41, 5.74) is 1.14. The zero-order valence-corrected chi connectivity index (χ0v) is 9.91. The minimum atomic E-state index is 0.664. The van der Waals surface area contributed by atoms with Crippen LogP contribution in [0.2, 0.25) is 0 Å². The maximum Gasteiger partial charge on any atom is 0.114 e. The smallest absolute Gasteiger partial charge is 0.114 e. The van der Waals surface area contributed by atoms with Gasteiger partial charge in [-0.1, -0.05) is 32.6 Å². The Morgan fingerprint density at radius 1 is 1.20 bits per heavy atom. The fourth-order valence-electron chi connectivity index (χ4n) is 1.59. The first-order valence-electron chi connectivity index (χ1n) is 6.04. The van der Waals surface area contributed by atoms with Gasteiger partial charge >= 0.3 is 0 Å². The van der Waals surface area contributed by atoms with Gasteiger partial charge in [-0.15, -0.1) is 9.94 Å². The lowest BCUT2D eigenvalue weighted by molar-refractivity contribution is 0.0918. The normalized spacial score (nSPS) is 10.5. The molecule has 0 amide bonds. The highest BCUT2D eigenvalue weighted by molar-refractivity contribution is 4.97. The third kappa shape index (κ3) is 4.86. The zero-order valence-electron chi connectivity index (χ0n) is 9.91. The molecule has 0 aliphatic rings. The van der Waals surface area contributed by atoms with Crippen molar-refractivity contribution in [2.24, 2.45) is 0 Å². The molecule has 0 saturated heterocycles. The summed E-state index contributed by atoms with van der Waals surface area (Å²) in [6.45, 7) is 4.87. The van der Waals surface area contributed by atoms with Crippen molar-refractivity contribution in [3.63, 3.8) is 0 Å². The van der Waals surface area contributed by atoms with E-state index in [0.29, 0.717) is 6.61 Å². The van der Waals surface area contributed by atoms with E-state index in [1.807, 2.05) is 19.2 Å². The first kappa shape index (κ1) is 12.1. The van der Waals surface area contributed by atoms with Crippen molar-refractivity contribution < 1.29 is 4.84 Å². The summed E-state index contributed by atoms with van der Waals surface area (Å²) >= 11 is 0. The number of rotatable bonds is 8. The lowest BCUT2D eigenvalue weighted by atomic mass is 10.1. The molecule has 0 N–H and O–H groups in total. The number of aryl methyl sites for hydroxylation is 1. The summed E-state index contributed by atoms with van der Waals surface area (Å²) in [4.78, 5) is 6.79. The summed E-state index contributed by atoms with van der Waals surface area (Å²) in [6.07, 6.45) is 9.52. The Morgan fingerprint density at radius 2 is 2.00 bits per heavy atom. The van der Waals surface area contributed by atoms with Crippen LogP contribution in [0.3, 0.4) is 0 Å². The van der Waals surface area contributed by atoms with Crippen LogP contribution in [0.4, 0.5) is 0 Å². The average molecular weight is 210 g/mol. The molecule has 3 heteroatoms. The SMILES string of the molecule is CCCCCCCc1ccn(OCC)n1. The van der Waals surface area contributed by atoms with Crippen molar-refractivity contribution in [1.82, 2.24) is 9.94 Å². The maximum absolute atomic E-state index is 5.24. The lowest BCUT2D eigenvalue weighted by Gasteiger charge is -2.00. The quantitative estimate of drug-likeness (QED) is 0.617. The van der Waals surface area contributed by atoms with E-state index in [2.05, 4.69) is 12.0 Å². The molecule has 0 spiro atoms. The Labute approximate surface area is 92.4 Å². The molecule has 3 nitrogen and oxygen atoms in total. The second kappa shape index (κ2) is 7.32. The van der Waals surface area contributed by atoms with Gasteiger partial charge in [0.2, 0.25) is 0 Å². The Balaban J connectivity index is 2.14. The molecule has 0 aliphatic heterocycles. The van der Waals surface area contributed by atoms with Crippen molar-refractivity contribution in [2.75, 3.05) is 6.61 Å². The van der Waals surface area contributed by atoms with Gasteiger partial charge in [0.15, 0.2) is 0 Å². The van der Waals surface area contributed by atoms with E-state index in [-0.39, 0.29) is 0 Å². The van der Waals surface area contributed by atoms with Gasteiger partial charge in [-0.25, -0.2) is 0 Å². The Morgan fingerprint density at radius 3 is 2.73 bits per heavy atom. The largest absolute Gasteiger partial charge is 0.397 e. The predicted molar refractivity (Wildman–Crippen MR) is 61.8 cm³/mol. The topological polar surface area (TPSA) is 27.1 Å². The van der Waals surface area contributed by atoms with Crippen molar-refractivity contribution in [1.29, 1.82) is 0 Å².